The van der Waals surface area contributed by atoms with Gasteiger partial charge in [-0.25, -0.2) is 4.79 Å². The van der Waals surface area contributed by atoms with Crippen LogP contribution in [0.4, 0.5) is 10.5 Å². The average molecular weight is 545 g/mol. The Hall–Kier alpha value is -3.63. The Kier molecular flexibility index (Phi) is 7.14. The highest BCUT2D eigenvalue weighted by molar-refractivity contribution is 8.04. The van der Waals surface area contributed by atoms with Crippen molar-refractivity contribution in [3.8, 4) is 11.3 Å². The zero-order valence-corrected chi connectivity index (χ0v) is 22.4. The molecule has 4 aliphatic rings. The lowest BCUT2D eigenvalue weighted by molar-refractivity contribution is -0.117. The number of aromatic nitrogens is 1. The summed E-state index contributed by atoms with van der Waals surface area (Å²) in [6.07, 6.45) is 7.15. The lowest BCUT2D eigenvalue weighted by Gasteiger charge is -2.45. The van der Waals surface area contributed by atoms with Crippen LogP contribution in [0.3, 0.4) is 0 Å². The van der Waals surface area contributed by atoms with Crippen molar-refractivity contribution in [3.05, 3.63) is 71.9 Å². The monoisotopic (exact) mass is 544 g/mol. The number of nitrogens with one attached hydrogen (secondary N) is 4. The van der Waals surface area contributed by atoms with Gasteiger partial charge in [0.25, 0.3) is 5.91 Å². The van der Waals surface area contributed by atoms with Gasteiger partial charge in [0.1, 0.15) is 0 Å². The number of hydrogen-bond acceptors (Lipinski definition) is 6. The van der Waals surface area contributed by atoms with Gasteiger partial charge in [-0.15, -0.1) is 0 Å². The second-order valence-electron chi connectivity index (χ2n) is 10.4. The first-order valence-electron chi connectivity index (χ1n) is 13.5. The summed E-state index contributed by atoms with van der Waals surface area (Å²) in [4.78, 5) is 45.8. The minimum Gasteiger partial charge on any atom is -0.350 e. The summed E-state index contributed by atoms with van der Waals surface area (Å²) in [5.74, 6) is -0.375. The zero-order chi connectivity index (χ0) is 26.9. The molecule has 1 saturated carbocycles. The molecule has 0 spiro atoms. The van der Waals surface area contributed by atoms with E-state index in [-0.39, 0.29) is 47.3 Å². The van der Waals surface area contributed by atoms with E-state index in [2.05, 4.69) is 32.8 Å². The minimum absolute atomic E-state index is 0.00372. The van der Waals surface area contributed by atoms with Gasteiger partial charge in [0.15, 0.2) is 0 Å². The molecule has 4 N–H and O–H groups in total. The fourth-order valence-corrected chi connectivity index (χ4v) is 7.62. The molecule has 5 atom stereocenters. The van der Waals surface area contributed by atoms with Crippen molar-refractivity contribution in [2.75, 3.05) is 11.4 Å². The molecule has 1 aromatic carbocycles. The number of urea groups is 1. The van der Waals surface area contributed by atoms with Crippen LogP contribution in [-0.2, 0) is 9.59 Å². The molecule has 202 valence electrons. The van der Waals surface area contributed by atoms with Gasteiger partial charge in [-0.1, -0.05) is 48.7 Å². The average Bonchev–Trinajstić information content (AvgIpc) is 3.33. The number of piperidine rings is 1. The highest BCUT2D eigenvalue weighted by Crippen LogP contribution is 2.48. The van der Waals surface area contributed by atoms with Crippen LogP contribution in [0.2, 0.25) is 0 Å². The number of carbonyl (C=O) groups is 3. The molecule has 9 nitrogen and oxygen atoms in total. The summed E-state index contributed by atoms with van der Waals surface area (Å²) in [6, 6.07) is 13.4. The lowest BCUT2D eigenvalue weighted by Crippen LogP contribution is -2.62. The molecule has 3 aliphatic heterocycles. The van der Waals surface area contributed by atoms with Crippen LogP contribution < -0.4 is 26.2 Å². The summed E-state index contributed by atoms with van der Waals surface area (Å²) >= 11 is 1.50. The van der Waals surface area contributed by atoms with Gasteiger partial charge < -0.3 is 21.3 Å². The second-order valence-corrected chi connectivity index (χ2v) is 11.6. The molecule has 39 heavy (non-hydrogen) atoms. The first-order valence-corrected chi connectivity index (χ1v) is 14.4. The molecule has 3 fully saturated rings. The van der Waals surface area contributed by atoms with Crippen LogP contribution in [-0.4, -0.2) is 52.9 Å². The molecule has 0 radical (unpaired) electrons. The van der Waals surface area contributed by atoms with E-state index in [0.29, 0.717) is 17.0 Å². The van der Waals surface area contributed by atoms with E-state index in [4.69, 9.17) is 0 Å². The minimum atomic E-state index is -0.227. The summed E-state index contributed by atoms with van der Waals surface area (Å²) in [7, 11) is 0. The highest BCUT2D eigenvalue weighted by atomic mass is 32.2. The predicted octanol–water partition coefficient (Wildman–Crippen LogP) is 3.27. The van der Waals surface area contributed by atoms with E-state index in [1.807, 2.05) is 47.4 Å². The van der Waals surface area contributed by atoms with Crippen LogP contribution in [0.25, 0.3) is 11.3 Å². The van der Waals surface area contributed by atoms with Gasteiger partial charge in [0.2, 0.25) is 5.91 Å². The highest BCUT2D eigenvalue weighted by Gasteiger charge is 2.51. The van der Waals surface area contributed by atoms with Crippen LogP contribution in [0, 0.1) is 5.92 Å². The summed E-state index contributed by atoms with van der Waals surface area (Å²) < 4.78 is 0. The Morgan fingerprint density at radius 3 is 2.69 bits per heavy atom. The van der Waals surface area contributed by atoms with Crippen LogP contribution in [0.1, 0.15) is 32.1 Å². The molecule has 10 heteroatoms. The van der Waals surface area contributed by atoms with Crippen molar-refractivity contribution < 1.29 is 14.4 Å². The van der Waals surface area contributed by atoms with Crippen molar-refractivity contribution in [3.63, 3.8) is 0 Å². The molecular weight excluding hydrogens is 512 g/mol. The first kappa shape index (κ1) is 25.6. The molecule has 2 saturated heterocycles. The van der Waals surface area contributed by atoms with Gasteiger partial charge >= 0.3 is 6.03 Å². The molecule has 2 aromatic rings. The van der Waals surface area contributed by atoms with Crippen LogP contribution in [0.15, 0.2) is 71.9 Å². The molecule has 4 amide bonds. The fourth-order valence-electron chi connectivity index (χ4n) is 6.22. The van der Waals surface area contributed by atoms with E-state index < -0.39 is 0 Å². The maximum atomic E-state index is 13.6. The smallest absolute Gasteiger partial charge is 0.326 e. The van der Waals surface area contributed by atoms with E-state index >= 15 is 0 Å². The third-order valence-corrected chi connectivity index (χ3v) is 9.33. The molecule has 6 rings (SSSR count). The Bertz CT molecular complexity index is 1330. The van der Waals surface area contributed by atoms with Gasteiger partial charge in [-0.05, 0) is 56.9 Å². The number of nitrogens with zero attached hydrogens (tertiary/aromatic N) is 2. The molecule has 0 bridgehead atoms. The van der Waals surface area contributed by atoms with Crippen LogP contribution >= 0.6 is 11.8 Å². The standard InChI is InChI=1S/C29H32N6O3S/c1-2-23(36)32-18-9-6-10-19(15-18)33-27(37)26-25-24-22(12-14-31-28(24)39-26)35(29(38)34-25)20-11-13-30-21(16-20)17-7-4-3-5-8-17/h2-5,7-8,11,13,16,18-19,22,24,28,31H,1,6,9-10,12,14-15H2,(H,32,36)(H,33,37)(H,34,38)/t18-,19-,22?,24?,28?/m1/s1. The van der Waals surface area contributed by atoms with E-state index in [1.165, 1.54) is 17.8 Å². The van der Waals surface area contributed by atoms with Crippen molar-refractivity contribution in [1.29, 1.82) is 0 Å². The number of hydrogen-bond donors (Lipinski definition) is 4. The van der Waals surface area contributed by atoms with Crippen molar-refractivity contribution >= 4 is 35.3 Å². The van der Waals surface area contributed by atoms with E-state index in [0.717, 1.165) is 49.2 Å². The van der Waals surface area contributed by atoms with Gasteiger partial charge in [-0.3, -0.25) is 19.5 Å². The second kappa shape index (κ2) is 10.9. The van der Waals surface area contributed by atoms with Crippen molar-refractivity contribution in [2.45, 2.75) is 55.6 Å². The molecule has 3 unspecified atom stereocenters. The van der Waals surface area contributed by atoms with E-state index in [1.54, 1.807) is 6.20 Å². The van der Waals surface area contributed by atoms with Gasteiger partial charge in [-0.2, -0.15) is 0 Å². The Morgan fingerprint density at radius 1 is 1.10 bits per heavy atom. The Labute approximate surface area is 231 Å². The maximum absolute atomic E-state index is 13.6. The molecular formula is C29H32N6O3S. The Morgan fingerprint density at radius 2 is 1.90 bits per heavy atom. The van der Waals surface area contributed by atoms with Gasteiger partial charge in [0.05, 0.1) is 22.0 Å². The summed E-state index contributed by atoms with van der Waals surface area (Å²) in [5, 5.41) is 12.8. The number of amides is 4. The molecule has 1 aliphatic carbocycles. The number of thioether (sulfide) groups is 1. The largest absolute Gasteiger partial charge is 0.350 e. The third-order valence-electron chi connectivity index (χ3n) is 7.98. The number of carbonyl (C=O) groups excluding carboxylic acids is 3. The SMILES string of the molecule is C=CC(=O)N[C@@H]1CCC[C@@H](NC(=O)C2=C3NC(=O)N(c4ccnc(-c5ccccc5)c4)C4CCNC(S2)C34)C1. The molecule has 1 aromatic heterocycles. The topological polar surface area (TPSA) is 115 Å². The summed E-state index contributed by atoms with van der Waals surface area (Å²) in [6.45, 7) is 4.28. The fraction of sp³-hybridized carbons (Fsp3) is 0.379. The van der Waals surface area contributed by atoms with Crippen molar-refractivity contribution in [1.82, 2.24) is 26.3 Å². The van der Waals surface area contributed by atoms with E-state index in [9.17, 15) is 14.4 Å². The number of pyridine rings is 1. The van der Waals surface area contributed by atoms with Crippen molar-refractivity contribution in [2.24, 2.45) is 5.92 Å². The maximum Gasteiger partial charge on any atom is 0.326 e. The quantitative estimate of drug-likeness (QED) is 0.415. The first-order chi connectivity index (χ1) is 19.0. The summed E-state index contributed by atoms with van der Waals surface area (Å²) in [5.41, 5.74) is 3.31. The number of benzene rings is 1. The van der Waals surface area contributed by atoms with Crippen LogP contribution in [0.5, 0.6) is 0 Å². The zero-order valence-electron chi connectivity index (χ0n) is 21.6. The number of rotatable bonds is 6. The predicted molar refractivity (Wildman–Crippen MR) is 152 cm³/mol. The third kappa shape index (κ3) is 5.06. The lowest BCUT2D eigenvalue weighted by atomic mass is 9.86. The van der Waals surface area contributed by atoms with Gasteiger partial charge in [0, 0.05) is 41.1 Å². The number of anilines is 1. The Balaban J connectivity index is 1.22. The normalized spacial score (nSPS) is 27.8. The molecule has 4 heterocycles.